The van der Waals surface area contributed by atoms with Crippen molar-refractivity contribution in [2.24, 2.45) is 0 Å². The standard InChI is InChI=1S/C28H34ClFNO4S/c1-6-35-28(32)23-9-7-8-10-27(23)36(33,34)31(26-12-11-22(30)16-25(26)29)17-21-14-19(4)24(13-18(2)3)20(5)15-21/h9,11-12,14-16,27H,6-8,10,13,17H2,1-5H3. The number of hydrogen-bond donors (Lipinski definition) is 0. The van der Waals surface area contributed by atoms with Gasteiger partial charge < -0.3 is 4.74 Å². The molecule has 8 heteroatoms. The van der Waals surface area contributed by atoms with Gasteiger partial charge in [-0.2, -0.15) is 0 Å². The van der Waals surface area contributed by atoms with Crippen molar-refractivity contribution in [1.29, 1.82) is 0 Å². The monoisotopic (exact) mass is 534 g/mol. The minimum absolute atomic E-state index is 0.00290. The van der Waals surface area contributed by atoms with E-state index in [-0.39, 0.29) is 35.9 Å². The lowest BCUT2D eigenvalue weighted by Crippen LogP contribution is -2.42. The minimum Gasteiger partial charge on any atom is -0.463 e. The van der Waals surface area contributed by atoms with Crippen molar-refractivity contribution >= 4 is 33.3 Å². The van der Waals surface area contributed by atoms with Crippen molar-refractivity contribution in [3.05, 3.63) is 81.0 Å². The smallest absolute Gasteiger partial charge is 0.335 e. The molecule has 195 valence electrons. The van der Waals surface area contributed by atoms with E-state index in [1.54, 1.807) is 13.0 Å². The Labute approximate surface area is 219 Å². The first kappa shape index (κ1) is 28.2. The molecule has 5 nitrogen and oxygen atoms in total. The molecule has 3 rings (SSSR count). The number of sulfonamides is 1. The van der Waals surface area contributed by atoms with Gasteiger partial charge in [-0.05, 0) is 92.8 Å². The second-order valence-electron chi connectivity index (χ2n) is 9.54. The maximum absolute atomic E-state index is 14.2. The van der Waals surface area contributed by atoms with Crippen molar-refractivity contribution in [1.82, 2.24) is 0 Å². The number of anilines is 1. The van der Waals surface area contributed by atoms with Crippen LogP contribution in [0, 0.1) is 25.6 Å². The number of carbonyl (C=O) groups is 1. The maximum atomic E-state index is 14.2. The maximum Gasteiger partial charge on any atom is 0.335 e. The van der Waals surface area contributed by atoms with Crippen LogP contribution in [0.5, 0.6) is 0 Å². The number of esters is 1. The third kappa shape index (κ3) is 6.30. The Morgan fingerprint density at radius 2 is 1.83 bits per heavy atom. The Balaban J connectivity index is 2.10. The Hall–Kier alpha value is -2.38. The fraction of sp³-hybridized carbons (Fsp3) is 0.429. The SMILES string of the molecule is CCOC(=O)C1=CCCCC1S(=O)(=O)N(Cc1cc(C)c(C[C](C)C)c(C)c1)c1ccc(F)cc1Cl. The zero-order valence-electron chi connectivity index (χ0n) is 21.5. The van der Waals surface area contributed by atoms with Gasteiger partial charge in [-0.1, -0.05) is 43.7 Å². The van der Waals surface area contributed by atoms with Gasteiger partial charge in [0.25, 0.3) is 0 Å². The molecule has 1 atom stereocenters. The van der Waals surface area contributed by atoms with Gasteiger partial charge in [-0.25, -0.2) is 17.6 Å². The molecule has 0 aromatic heterocycles. The quantitative estimate of drug-likeness (QED) is 0.339. The van der Waals surface area contributed by atoms with Crippen LogP contribution in [-0.2, 0) is 32.5 Å². The normalized spacial score (nSPS) is 16.1. The topological polar surface area (TPSA) is 63.7 Å². The molecular weight excluding hydrogens is 501 g/mol. The number of hydrogen-bond acceptors (Lipinski definition) is 4. The van der Waals surface area contributed by atoms with Crippen molar-refractivity contribution in [2.45, 2.75) is 72.1 Å². The van der Waals surface area contributed by atoms with Crippen LogP contribution in [-0.4, -0.2) is 26.2 Å². The van der Waals surface area contributed by atoms with Crippen molar-refractivity contribution in [3.63, 3.8) is 0 Å². The molecule has 0 saturated heterocycles. The lowest BCUT2D eigenvalue weighted by Gasteiger charge is -2.32. The molecule has 1 unspecified atom stereocenters. The van der Waals surface area contributed by atoms with Crippen molar-refractivity contribution in [2.75, 3.05) is 10.9 Å². The summed E-state index contributed by atoms with van der Waals surface area (Å²) in [7, 11) is -4.12. The van der Waals surface area contributed by atoms with E-state index in [0.29, 0.717) is 12.8 Å². The second kappa shape index (κ2) is 11.8. The summed E-state index contributed by atoms with van der Waals surface area (Å²) in [4.78, 5) is 12.6. The van der Waals surface area contributed by atoms with Gasteiger partial charge in [0.1, 0.15) is 11.1 Å². The molecule has 36 heavy (non-hydrogen) atoms. The Bertz CT molecular complexity index is 1230. The van der Waals surface area contributed by atoms with E-state index in [1.807, 2.05) is 26.0 Å². The number of halogens is 2. The van der Waals surface area contributed by atoms with Crippen LogP contribution >= 0.6 is 11.6 Å². The molecule has 0 aliphatic heterocycles. The van der Waals surface area contributed by atoms with Gasteiger partial charge in [0.15, 0.2) is 0 Å². The van der Waals surface area contributed by atoms with Crippen LogP contribution in [0.2, 0.25) is 5.02 Å². The molecule has 2 aromatic rings. The summed E-state index contributed by atoms with van der Waals surface area (Å²) < 4.78 is 48.5. The molecule has 0 bridgehead atoms. The largest absolute Gasteiger partial charge is 0.463 e. The molecule has 0 spiro atoms. The highest BCUT2D eigenvalue weighted by Gasteiger charge is 2.40. The predicted molar refractivity (Wildman–Crippen MR) is 143 cm³/mol. The number of ether oxygens (including phenoxy) is 1. The molecule has 1 aliphatic rings. The number of nitrogens with zero attached hydrogens (tertiary/aromatic N) is 1. The first-order valence-electron chi connectivity index (χ1n) is 12.2. The van der Waals surface area contributed by atoms with E-state index in [4.69, 9.17) is 16.3 Å². The number of benzene rings is 2. The summed E-state index contributed by atoms with van der Waals surface area (Å²) in [5.74, 6) is 0.0954. The number of allylic oxidation sites excluding steroid dienone is 1. The van der Waals surface area contributed by atoms with Crippen molar-refractivity contribution < 1.29 is 22.3 Å². The summed E-state index contributed by atoms with van der Waals surface area (Å²) in [5.41, 5.74) is 4.45. The van der Waals surface area contributed by atoms with Crippen LogP contribution in [0.1, 0.15) is 62.3 Å². The van der Waals surface area contributed by atoms with Gasteiger partial charge in [-0.15, -0.1) is 0 Å². The molecule has 1 radical (unpaired) electrons. The summed E-state index contributed by atoms with van der Waals surface area (Å²) >= 11 is 6.37. The second-order valence-corrected chi connectivity index (χ2v) is 12.0. The Morgan fingerprint density at radius 3 is 2.42 bits per heavy atom. The third-order valence-corrected chi connectivity index (χ3v) is 8.80. The molecule has 0 amide bonds. The number of carbonyl (C=O) groups excluding carboxylic acids is 1. The van der Waals surface area contributed by atoms with Gasteiger partial charge >= 0.3 is 5.97 Å². The zero-order valence-corrected chi connectivity index (χ0v) is 23.1. The van der Waals surface area contributed by atoms with E-state index < -0.39 is 27.1 Å². The van der Waals surface area contributed by atoms with Gasteiger partial charge in [0, 0.05) is 0 Å². The summed E-state index contributed by atoms with van der Waals surface area (Å²) in [6, 6.07) is 7.62. The van der Waals surface area contributed by atoms with Gasteiger partial charge in [0.05, 0.1) is 29.4 Å². The van der Waals surface area contributed by atoms with Crippen LogP contribution in [0.4, 0.5) is 10.1 Å². The van der Waals surface area contributed by atoms with Gasteiger partial charge in [-0.3, -0.25) is 4.31 Å². The van der Waals surface area contributed by atoms with Crippen LogP contribution in [0.3, 0.4) is 0 Å². The lowest BCUT2D eigenvalue weighted by atomic mass is 9.92. The van der Waals surface area contributed by atoms with E-state index in [0.717, 1.165) is 29.2 Å². The van der Waals surface area contributed by atoms with E-state index in [9.17, 15) is 17.6 Å². The highest BCUT2D eigenvalue weighted by atomic mass is 35.5. The van der Waals surface area contributed by atoms with Crippen LogP contribution in [0.15, 0.2) is 42.0 Å². The van der Waals surface area contributed by atoms with Crippen molar-refractivity contribution in [3.8, 4) is 0 Å². The predicted octanol–water partition coefficient (Wildman–Crippen LogP) is 6.63. The number of aryl methyl sites for hydroxylation is 2. The molecule has 0 saturated carbocycles. The zero-order chi connectivity index (χ0) is 26.6. The summed E-state index contributed by atoms with van der Waals surface area (Å²) in [6.45, 7) is 10.0. The average molecular weight is 535 g/mol. The number of rotatable bonds is 9. The molecule has 0 fully saturated rings. The summed E-state index contributed by atoms with van der Waals surface area (Å²) in [5, 5.41) is -1.09. The highest BCUT2D eigenvalue weighted by Crippen LogP contribution is 2.36. The van der Waals surface area contributed by atoms with E-state index in [1.165, 1.54) is 27.9 Å². The fourth-order valence-electron chi connectivity index (χ4n) is 4.71. The van der Waals surface area contributed by atoms with Crippen LogP contribution in [0.25, 0.3) is 0 Å². The summed E-state index contributed by atoms with van der Waals surface area (Å²) in [6.07, 6.45) is 4.01. The van der Waals surface area contributed by atoms with Gasteiger partial charge in [0.2, 0.25) is 10.0 Å². The molecule has 2 aromatic carbocycles. The Kier molecular flexibility index (Phi) is 9.23. The average Bonchev–Trinajstić information content (AvgIpc) is 2.80. The molecule has 0 heterocycles. The lowest BCUT2D eigenvalue weighted by molar-refractivity contribution is -0.138. The van der Waals surface area contributed by atoms with E-state index >= 15 is 0 Å². The molecule has 1 aliphatic carbocycles. The fourth-order valence-corrected chi connectivity index (χ4v) is 7.08. The first-order chi connectivity index (χ1) is 16.9. The minimum atomic E-state index is -4.12. The third-order valence-electron chi connectivity index (χ3n) is 6.35. The Morgan fingerprint density at radius 1 is 1.17 bits per heavy atom. The highest BCUT2D eigenvalue weighted by molar-refractivity contribution is 7.93. The van der Waals surface area contributed by atoms with E-state index in [2.05, 4.69) is 13.8 Å². The first-order valence-corrected chi connectivity index (χ1v) is 14.1. The van der Waals surface area contributed by atoms with Crippen LogP contribution < -0.4 is 4.31 Å². The molecule has 0 N–H and O–H groups in total. The molecular formula is C28H34ClFNO4S.